The number of nitrogens with one attached hydrogen (secondary N) is 1. The van der Waals surface area contributed by atoms with Gasteiger partial charge < -0.3 is 25.5 Å². The van der Waals surface area contributed by atoms with Gasteiger partial charge in [-0.3, -0.25) is 21.8 Å². The van der Waals surface area contributed by atoms with Crippen molar-refractivity contribution in [3.8, 4) is 0 Å². The minimum Gasteiger partial charge on any atom is -0.550 e. The SMILES string of the molecule is CC(C)(C)CC(=O)[O-].CC(C)(C)CC1=CN=C[NH2+]1.CC(C)(C)CCC(=O)[O-].CC(C)(C)CCCC[NH3+].CC(C)(C)CCC[NH+]=C(N)N. The van der Waals surface area contributed by atoms with Crippen LogP contribution >= 0.6 is 0 Å². The number of carbonyl (C=O) groups excluding carboxylic acids is 2. The van der Waals surface area contributed by atoms with Crippen LogP contribution in [-0.2, 0) is 9.59 Å². The van der Waals surface area contributed by atoms with Gasteiger partial charge in [0.25, 0.3) is 0 Å². The Morgan fingerprint density at radius 3 is 1.45 bits per heavy atom. The van der Waals surface area contributed by atoms with Crippen molar-refractivity contribution in [1.82, 2.24) is 0 Å². The number of allylic oxidation sites excluding steroid dienone is 1. The van der Waals surface area contributed by atoms with Crippen molar-refractivity contribution in [3.05, 3.63) is 11.9 Å². The molecule has 1 rings (SSSR count). The first-order valence-corrected chi connectivity index (χ1v) is 17.3. The summed E-state index contributed by atoms with van der Waals surface area (Å²) < 4.78 is 0. The van der Waals surface area contributed by atoms with E-state index in [2.05, 4.69) is 83.3 Å². The highest BCUT2D eigenvalue weighted by Crippen LogP contribution is 2.22. The fraction of sp³-hybridized carbons (Fsp3) is 0.838. The minimum atomic E-state index is -0.975. The van der Waals surface area contributed by atoms with Crippen LogP contribution in [0.15, 0.2) is 16.9 Å². The quantitative estimate of drug-likeness (QED) is 0.134. The second-order valence-electron chi connectivity index (χ2n) is 18.4. The lowest BCUT2D eigenvalue weighted by molar-refractivity contribution is -0.474. The van der Waals surface area contributed by atoms with Crippen LogP contribution in [-0.4, -0.2) is 37.3 Å². The number of hydrogen-bond acceptors (Lipinski definition) is 5. The Balaban J connectivity index is -0.000000247. The lowest BCUT2D eigenvalue weighted by Gasteiger charge is -2.17. The van der Waals surface area contributed by atoms with E-state index in [1.807, 2.05) is 54.1 Å². The van der Waals surface area contributed by atoms with E-state index in [0.717, 1.165) is 25.9 Å². The number of nitrogens with zero attached hydrogens (tertiary/aromatic N) is 1. The highest BCUT2D eigenvalue weighted by Gasteiger charge is 2.17. The fourth-order valence-electron chi connectivity index (χ4n) is 3.63. The zero-order chi connectivity index (χ0) is 38.1. The van der Waals surface area contributed by atoms with Gasteiger partial charge >= 0.3 is 5.96 Å². The van der Waals surface area contributed by atoms with E-state index < -0.39 is 11.9 Å². The monoisotopic (exact) mass is 672 g/mol. The van der Waals surface area contributed by atoms with Gasteiger partial charge in [0.15, 0.2) is 6.34 Å². The van der Waals surface area contributed by atoms with Gasteiger partial charge in [-0.2, -0.15) is 0 Å². The third-order valence-corrected chi connectivity index (χ3v) is 5.96. The molecule has 0 saturated heterocycles. The normalized spacial score (nSPS) is 12.8. The van der Waals surface area contributed by atoms with Gasteiger partial charge in [0.1, 0.15) is 5.70 Å². The smallest absolute Gasteiger partial charge is 0.338 e. The van der Waals surface area contributed by atoms with E-state index in [1.54, 1.807) is 0 Å². The number of nitrogens with two attached hydrogens (primary N) is 3. The lowest BCUT2D eigenvalue weighted by Crippen LogP contribution is -2.79. The lowest BCUT2D eigenvalue weighted by atomic mass is 9.90. The number of quaternary nitrogens is 2. The Labute approximate surface area is 289 Å². The van der Waals surface area contributed by atoms with E-state index in [1.165, 1.54) is 31.4 Å². The molecule has 0 aromatic carbocycles. The van der Waals surface area contributed by atoms with Crippen LogP contribution in [0.4, 0.5) is 0 Å². The minimum absolute atomic E-state index is 0.111. The number of rotatable bonds is 10. The van der Waals surface area contributed by atoms with Gasteiger partial charge in [0.2, 0.25) is 0 Å². The van der Waals surface area contributed by atoms with Gasteiger partial charge in [-0.1, -0.05) is 104 Å². The molecule has 0 saturated carbocycles. The Kier molecular flexibility index (Phi) is 27.9. The highest BCUT2D eigenvalue weighted by atomic mass is 16.4. The summed E-state index contributed by atoms with van der Waals surface area (Å²) in [6, 6.07) is 0. The Morgan fingerprint density at radius 2 is 1.19 bits per heavy atom. The molecular formula is C37H79N6O4+. The second-order valence-corrected chi connectivity index (χ2v) is 18.4. The van der Waals surface area contributed by atoms with Crippen LogP contribution in [0.1, 0.15) is 162 Å². The molecule has 0 fully saturated rings. The number of carboxylic acids is 2. The van der Waals surface area contributed by atoms with Crippen molar-refractivity contribution in [2.45, 2.75) is 162 Å². The van der Waals surface area contributed by atoms with Gasteiger partial charge in [-0.15, -0.1) is 0 Å². The van der Waals surface area contributed by atoms with Crippen LogP contribution in [0.3, 0.4) is 0 Å². The number of carbonyl (C=O) groups is 2. The Hall–Kier alpha value is -2.46. The van der Waals surface area contributed by atoms with Crippen LogP contribution in [0.2, 0.25) is 0 Å². The predicted molar refractivity (Wildman–Crippen MR) is 194 cm³/mol. The van der Waals surface area contributed by atoms with E-state index in [-0.39, 0.29) is 23.7 Å². The number of unbranched alkanes of at least 4 members (excludes halogenated alkanes) is 1. The second kappa shape index (κ2) is 25.5. The van der Waals surface area contributed by atoms with E-state index >= 15 is 0 Å². The third kappa shape index (κ3) is 63.0. The van der Waals surface area contributed by atoms with Crippen molar-refractivity contribution in [3.63, 3.8) is 0 Å². The molecule has 280 valence electrons. The molecule has 10 heteroatoms. The van der Waals surface area contributed by atoms with Crippen molar-refractivity contribution in [2.24, 2.45) is 43.5 Å². The molecular weight excluding hydrogens is 592 g/mol. The summed E-state index contributed by atoms with van der Waals surface area (Å²) in [4.78, 5) is 26.7. The van der Waals surface area contributed by atoms with Crippen LogP contribution in [0, 0.1) is 27.1 Å². The molecule has 0 aromatic rings. The van der Waals surface area contributed by atoms with Crippen molar-refractivity contribution >= 4 is 24.2 Å². The molecule has 0 amide bonds. The first-order valence-electron chi connectivity index (χ1n) is 17.3. The summed E-state index contributed by atoms with van der Waals surface area (Å²) in [7, 11) is 0. The van der Waals surface area contributed by atoms with Crippen LogP contribution in [0.5, 0.6) is 0 Å². The zero-order valence-corrected chi connectivity index (χ0v) is 33.5. The maximum Gasteiger partial charge on any atom is 0.338 e. The molecule has 1 aliphatic heterocycles. The molecule has 10 N–H and O–H groups in total. The maximum absolute atomic E-state index is 9.93. The molecule has 0 bridgehead atoms. The van der Waals surface area contributed by atoms with Gasteiger partial charge in [-0.25, -0.2) is 4.99 Å². The number of guanidine groups is 1. The van der Waals surface area contributed by atoms with Crippen LogP contribution in [0.25, 0.3) is 0 Å². The highest BCUT2D eigenvalue weighted by molar-refractivity contribution is 5.69. The summed E-state index contributed by atoms with van der Waals surface area (Å²) in [5, 5.41) is 21.9. The molecule has 0 atom stereocenters. The van der Waals surface area contributed by atoms with E-state index in [0.29, 0.717) is 28.6 Å². The molecule has 10 nitrogen and oxygen atoms in total. The summed E-state index contributed by atoms with van der Waals surface area (Å²) in [6.45, 7) is 33.8. The predicted octanol–water partition coefficient (Wildman–Crippen LogP) is 2.22. The maximum atomic E-state index is 9.93. The molecule has 0 radical (unpaired) electrons. The van der Waals surface area contributed by atoms with E-state index in [4.69, 9.17) is 11.5 Å². The summed E-state index contributed by atoms with van der Waals surface area (Å²) in [5.74, 6) is -1.61. The number of hydrogen-bond donors (Lipinski definition) is 5. The fourth-order valence-corrected chi connectivity index (χ4v) is 3.63. The Bertz CT molecular complexity index is 904. The molecule has 0 spiro atoms. The summed E-state index contributed by atoms with van der Waals surface area (Å²) in [6.07, 6.45) is 12.2. The van der Waals surface area contributed by atoms with Gasteiger partial charge in [0, 0.05) is 18.4 Å². The molecule has 1 heterocycles. The average molecular weight is 672 g/mol. The number of aliphatic carboxylic acids is 2. The van der Waals surface area contributed by atoms with Crippen molar-refractivity contribution < 1.29 is 35.8 Å². The molecule has 0 unspecified atom stereocenters. The first kappa shape index (κ1) is 51.4. The molecule has 47 heavy (non-hydrogen) atoms. The third-order valence-electron chi connectivity index (χ3n) is 5.96. The van der Waals surface area contributed by atoms with Crippen molar-refractivity contribution in [1.29, 1.82) is 0 Å². The number of aliphatic imine (C=N–C) groups is 1. The molecule has 0 aromatic heterocycles. The van der Waals surface area contributed by atoms with Gasteiger partial charge in [-0.05, 0) is 78.4 Å². The topological polar surface area (TPSA) is 203 Å². The van der Waals surface area contributed by atoms with Crippen LogP contribution < -0.4 is 37.7 Å². The largest absolute Gasteiger partial charge is 0.550 e. The Morgan fingerprint density at radius 1 is 0.723 bits per heavy atom. The van der Waals surface area contributed by atoms with Crippen molar-refractivity contribution in [2.75, 3.05) is 13.1 Å². The van der Waals surface area contributed by atoms with E-state index in [9.17, 15) is 19.8 Å². The zero-order valence-electron chi connectivity index (χ0n) is 33.5. The molecule has 1 aliphatic rings. The summed E-state index contributed by atoms with van der Waals surface area (Å²) in [5.41, 5.74) is 16.9. The molecule has 0 aliphatic carbocycles. The summed E-state index contributed by atoms with van der Waals surface area (Å²) >= 11 is 0. The van der Waals surface area contributed by atoms with Gasteiger partial charge in [0.05, 0.1) is 19.3 Å². The first-order chi connectivity index (χ1) is 20.9. The standard InChI is InChI=1S/C8H19N3.C8H14N2.C8H19N.C7H14O2.C6H12O2/c1-8(2,3)5-4-6-11-7(9)10;1-8(2,3)4-7-5-9-6-10-7;1-8(2,3)6-4-5-7-9;1-7(2,3)5-4-6(8)9;1-6(2,3)4-5(7)8/h4-6H2,1-3H3,(H4,9,10,11);5-6H,4H2,1-3H3,(H,9,10);4-7,9H2,1-3H3;4-5H2,1-3H3,(H,8,9);4H2,1-3H3,(H,7,8)/p+1. The number of carboxylic acid groups (broad SMARTS) is 2. The average Bonchev–Trinajstić information content (AvgIpc) is 3.30.